The van der Waals surface area contributed by atoms with E-state index in [1.54, 1.807) is 0 Å². The fraction of sp³-hybridized carbons (Fsp3) is 0.273. The fourth-order valence-corrected chi connectivity index (χ4v) is 3.32. The highest BCUT2D eigenvalue weighted by atomic mass is 32.2. The molecule has 6 nitrogen and oxygen atoms in total. The van der Waals surface area contributed by atoms with Gasteiger partial charge in [0.2, 0.25) is 21.8 Å². The summed E-state index contributed by atoms with van der Waals surface area (Å²) < 4.78 is 51.1. The topological polar surface area (TPSA) is 83.6 Å². The number of hydrogen-bond acceptors (Lipinski definition) is 4. The molecule has 1 fully saturated rings. The molecule has 20 heavy (non-hydrogen) atoms. The van der Waals surface area contributed by atoms with Gasteiger partial charge in [-0.15, -0.1) is 0 Å². The number of piperazine rings is 1. The van der Waals surface area contributed by atoms with Crippen LogP contribution in [0.1, 0.15) is 6.92 Å². The quantitative estimate of drug-likeness (QED) is 0.780. The monoisotopic (exact) mass is 304 g/mol. The fourth-order valence-electron chi connectivity index (χ4n) is 1.76. The molecule has 1 aromatic carbocycles. The van der Waals surface area contributed by atoms with E-state index in [9.17, 15) is 26.8 Å². The number of nitrogens with one attached hydrogen (secondary N) is 1. The number of carbonyl (C=O) groups is 2. The third kappa shape index (κ3) is 2.41. The van der Waals surface area contributed by atoms with Crippen LogP contribution in [0, 0.1) is 11.6 Å². The molecule has 0 aromatic heterocycles. The Hall–Kier alpha value is -1.87. The van der Waals surface area contributed by atoms with Crippen molar-refractivity contribution in [2.75, 3.05) is 6.54 Å². The minimum Gasteiger partial charge on any atom is -0.294 e. The molecular formula is C11H10F2N2O4S. The lowest BCUT2D eigenvalue weighted by atomic mass is 10.2. The van der Waals surface area contributed by atoms with Crippen LogP contribution in [-0.2, 0) is 19.6 Å². The molecule has 1 atom stereocenters. The van der Waals surface area contributed by atoms with E-state index in [1.165, 1.54) is 6.92 Å². The first kappa shape index (κ1) is 14.5. The molecule has 1 saturated heterocycles. The van der Waals surface area contributed by atoms with Gasteiger partial charge in [0.1, 0.15) is 6.04 Å². The molecule has 1 heterocycles. The molecule has 1 unspecified atom stereocenters. The lowest BCUT2D eigenvalue weighted by molar-refractivity contribution is -0.136. The number of nitrogens with zero attached hydrogens (tertiary/aromatic N) is 1. The molecule has 1 aromatic rings. The van der Waals surface area contributed by atoms with Gasteiger partial charge >= 0.3 is 0 Å². The van der Waals surface area contributed by atoms with Gasteiger partial charge in [-0.1, -0.05) is 0 Å². The van der Waals surface area contributed by atoms with Gasteiger partial charge in [0.05, 0.1) is 11.4 Å². The molecule has 0 aliphatic carbocycles. The number of carbonyl (C=O) groups excluding carboxylic acids is 2. The van der Waals surface area contributed by atoms with Gasteiger partial charge in [-0.25, -0.2) is 17.2 Å². The Bertz CT molecular complexity index is 690. The smallest absolute Gasteiger partial charge is 0.244 e. The SMILES string of the molecule is CC1C(=O)NC(=O)CN1S(=O)(=O)c1ccc(F)c(F)c1. The Morgan fingerprint density at radius 1 is 1.25 bits per heavy atom. The standard InChI is InChI=1S/C11H10F2N2O4S/c1-6-11(17)14-10(16)5-15(6)20(18,19)7-2-3-8(12)9(13)4-7/h2-4,6H,5H2,1H3,(H,14,16,17). The summed E-state index contributed by atoms with van der Waals surface area (Å²) in [5.41, 5.74) is 0. The summed E-state index contributed by atoms with van der Waals surface area (Å²) in [6.07, 6.45) is 0. The maximum absolute atomic E-state index is 13.1. The van der Waals surface area contributed by atoms with E-state index in [0.717, 1.165) is 6.07 Å². The molecule has 9 heteroatoms. The maximum atomic E-state index is 13.1. The normalized spacial score (nSPS) is 20.9. The predicted octanol–water partition coefficient (Wildman–Crippen LogP) is 0.000400. The number of imide groups is 1. The summed E-state index contributed by atoms with van der Waals surface area (Å²) in [6.45, 7) is 0.730. The first-order chi connectivity index (χ1) is 9.23. The first-order valence-electron chi connectivity index (χ1n) is 5.54. The highest BCUT2D eigenvalue weighted by Gasteiger charge is 2.39. The molecule has 108 valence electrons. The Balaban J connectivity index is 2.45. The second kappa shape index (κ2) is 4.91. The average molecular weight is 304 g/mol. The van der Waals surface area contributed by atoms with E-state index in [0.29, 0.717) is 16.4 Å². The van der Waals surface area contributed by atoms with E-state index < -0.39 is 51.0 Å². The van der Waals surface area contributed by atoms with Crippen LogP contribution in [0.3, 0.4) is 0 Å². The van der Waals surface area contributed by atoms with Crippen molar-refractivity contribution in [2.24, 2.45) is 0 Å². The molecule has 0 spiro atoms. The van der Waals surface area contributed by atoms with Gasteiger partial charge in [0.15, 0.2) is 11.6 Å². The Morgan fingerprint density at radius 2 is 1.90 bits per heavy atom. The summed E-state index contributed by atoms with van der Waals surface area (Å²) >= 11 is 0. The molecule has 1 aliphatic heterocycles. The van der Waals surface area contributed by atoms with Crippen LogP contribution >= 0.6 is 0 Å². The van der Waals surface area contributed by atoms with Gasteiger partial charge in [0, 0.05) is 0 Å². The van der Waals surface area contributed by atoms with E-state index in [1.807, 2.05) is 5.32 Å². The molecule has 0 radical (unpaired) electrons. The first-order valence-corrected chi connectivity index (χ1v) is 6.98. The highest BCUT2D eigenvalue weighted by molar-refractivity contribution is 7.89. The molecular weight excluding hydrogens is 294 g/mol. The van der Waals surface area contributed by atoms with Crippen LogP contribution in [0.25, 0.3) is 0 Å². The second-order valence-electron chi connectivity index (χ2n) is 4.21. The number of sulfonamides is 1. The van der Waals surface area contributed by atoms with Crippen molar-refractivity contribution in [3.05, 3.63) is 29.8 Å². The van der Waals surface area contributed by atoms with Gasteiger partial charge in [-0.2, -0.15) is 4.31 Å². The van der Waals surface area contributed by atoms with Crippen molar-refractivity contribution in [2.45, 2.75) is 17.9 Å². The van der Waals surface area contributed by atoms with Gasteiger partial charge < -0.3 is 0 Å². The Morgan fingerprint density at radius 3 is 2.50 bits per heavy atom. The third-order valence-electron chi connectivity index (χ3n) is 2.87. The Kier molecular flexibility index (Phi) is 3.57. The number of amides is 2. The highest BCUT2D eigenvalue weighted by Crippen LogP contribution is 2.21. The molecule has 1 N–H and O–H groups in total. The van der Waals surface area contributed by atoms with Crippen LogP contribution in [-0.4, -0.2) is 37.1 Å². The van der Waals surface area contributed by atoms with Gasteiger partial charge in [-0.3, -0.25) is 14.9 Å². The summed E-state index contributed by atoms with van der Waals surface area (Å²) in [5.74, 6) is -4.07. The van der Waals surface area contributed by atoms with E-state index in [2.05, 4.69) is 0 Å². The van der Waals surface area contributed by atoms with Crippen molar-refractivity contribution in [3.8, 4) is 0 Å². The predicted molar refractivity (Wildman–Crippen MR) is 62.9 cm³/mol. The average Bonchev–Trinajstić information content (AvgIpc) is 2.36. The number of hydrogen-bond donors (Lipinski definition) is 1. The zero-order valence-electron chi connectivity index (χ0n) is 10.3. The summed E-state index contributed by atoms with van der Waals surface area (Å²) in [5, 5.41) is 1.99. The van der Waals surface area contributed by atoms with Crippen molar-refractivity contribution in [1.82, 2.24) is 9.62 Å². The third-order valence-corrected chi connectivity index (χ3v) is 4.78. The zero-order chi connectivity index (χ0) is 15.1. The van der Waals surface area contributed by atoms with Crippen molar-refractivity contribution in [3.63, 3.8) is 0 Å². The van der Waals surface area contributed by atoms with Crippen molar-refractivity contribution >= 4 is 21.8 Å². The lowest BCUT2D eigenvalue weighted by Gasteiger charge is -2.30. The minimum atomic E-state index is -4.27. The largest absolute Gasteiger partial charge is 0.294 e. The minimum absolute atomic E-state index is 0.508. The molecule has 2 rings (SSSR count). The summed E-state index contributed by atoms with van der Waals surface area (Å²) in [4.78, 5) is 22.2. The summed E-state index contributed by atoms with van der Waals surface area (Å²) in [6, 6.07) is 0.927. The van der Waals surface area contributed by atoms with E-state index in [4.69, 9.17) is 0 Å². The van der Waals surface area contributed by atoms with Crippen LogP contribution < -0.4 is 5.32 Å². The Labute approximate surface area is 113 Å². The van der Waals surface area contributed by atoms with Crippen LogP contribution in [0.4, 0.5) is 8.78 Å². The van der Waals surface area contributed by atoms with E-state index in [-0.39, 0.29) is 0 Å². The molecule has 0 saturated carbocycles. The maximum Gasteiger partial charge on any atom is 0.244 e. The lowest BCUT2D eigenvalue weighted by Crippen LogP contribution is -2.58. The number of rotatable bonds is 2. The van der Waals surface area contributed by atoms with E-state index >= 15 is 0 Å². The zero-order valence-corrected chi connectivity index (χ0v) is 11.1. The summed E-state index contributed by atoms with van der Waals surface area (Å²) in [7, 11) is -4.27. The van der Waals surface area contributed by atoms with Crippen LogP contribution in [0.15, 0.2) is 23.1 Å². The van der Waals surface area contributed by atoms with Crippen LogP contribution in [0.2, 0.25) is 0 Å². The number of halogens is 2. The molecule has 0 bridgehead atoms. The molecule has 2 amide bonds. The number of benzene rings is 1. The van der Waals surface area contributed by atoms with Crippen LogP contribution in [0.5, 0.6) is 0 Å². The van der Waals surface area contributed by atoms with Gasteiger partial charge in [-0.05, 0) is 25.1 Å². The second-order valence-corrected chi connectivity index (χ2v) is 6.11. The van der Waals surface area contributed by atoms with Gasteiger partial charge in [0.25, 0.3) is 0 Å². The van der Waals surface area contributed by atoms with Crippen molar-refractivity contribution in [1.29, 1.82) is 0 Å². The van der Waals surface area contributed by atoms with Crippen molar-refractivity contribution < 1.29 is 26.8 Å². The molecule has 1 aliphatic rings.